The summed E-state index contributed by atoms with van der Waals surface area (Å²) in [5.74, 6) is 0.585. The van der Waals surface area contributed by atoms with Crippen LogP contribution in [0.15, 0.2) is 48.5 Å². The van der Waals surface area contributed by atoms with Crippen LogP contribution < -0.4 is 15.4 Å². The molecule has 26 heavy (non-hydrogen) atoms. The van der Waals surface area contributed by atoms with Crippen LogP contribution in [0.3, 0.4) is 0 Å². The molecule has 2 N–H and O–H groups in total. The zero-order chi connectivity index (χ0) is 17.9. The van der Waals surface area contributed by atoms with Crippen molar-refractivity contribution in [3.05, 3.63) is 65.2 Å². The third-order valence-corrected chi connectivity index (χ3v) is 3.65. The molecular formula is C20H27ClN2O3. The highest BCUT2D eigenvalue weighted by molar-refractivity contribution is 5.94. The fourth-order valence-corrected chi connectivity index (χ4v) is 2.36. The highest BCUT2D eigenvalue weighted by atomic mass is 35.5. The molecule has 0 bridgehead atoms. The third kappa shape index (κ3) is 7.87. The van der Waals surface area contributed by atoms with E-state index < -0.39 is 0 Å². The maximum absolute atomic E-state index is 12.2. The minimum Gasteiger partial charge on any atom is -0.489 e. The molecule has 6 heteroatoms. The number of methoxy groups -OCH3 is 1. The molecule has 5 nitrogen and oxygen atoms in total. The van der Waals surface area contributed by atoms with E-state index in [1.165, 1.54) is 5.56 Å². The Morgan fingerprint density at radius 3 is 2.62 bits per heavy atom. The Labute approximate surface area is 161 Å². The molecule has 0 unspecified atom stereocenters. The van der Waals surface area contributed by atoms with Crippen LogP contribution in [0.4, 0.5) is 0 Å². The first-order chi connectivity index (χ1) is 12.2. The number of ether oxygens (including phenoxy) is 2. The lowest BCUT2D eigenvalue weighted by molar-refractivity contribution is 0.0953. The van der Waals surface area contributed by atoms with Gasteiger partial charge in [-0.05, 0) is 30.7 Å². The van der Waals surface area contributed by atoms with Crippen LogP contribution in [0, 0.1) is 6.92 Å². The molecule has 0 atom stereocenters. The van der Waals surface area contributed by atoms with Gasteiger partial charge in [-0.3, -0.25) is 4.79 Å². The van der Waals surface area contributed by atoms with Gasteiger partial charge in [0.1, 0.15) is 12.4 Å². The topological polar surface area (TPSA) is 59.6 Å². The third-order valence-electron chi connectivity index (χ3n) is 3.65. The van der Waals surface area contributed by atoms with Crippen LogP contribution in [0.5, 0.6) is 5.75 Å². The van der Waals surface area contributed by atoms with Crippen LogP contribution >= 0.6 is 12.4 Å². The Morgan fingerprint density at radius 1 is 1.04 bits per heavy atom. The van der Waals surface area contributed by atoms with Crippen molar-refractivity contribution in [2.24, 2.45) is 0 Å². The predicted octanol–water partition coefficient (Wildman–Crippen LogP) is 2.96. The SMILES string of the molecule is COCCNCCNC(=O)c1cccc(OCc2cccc(C)c2)c1.Cl. The molecule has 2 aromatic carbocycles. The first-order valence-corrected chi connectivity index (χ1v) is 8.45. The molecule has 2 rings (SSSR count). The van der Waals surface area contributed by atoms with Gasteiger partial charge in [0.15, 0.2) is 0 Å². The molecule has 0 aliphatic rings. The van der Waals surface area contributed by atoms with Crippen LogP contribution in [0.1, 0.15) is 21.5 Å². The van der Waals surface area contributed by atoms with E-state index in [1.807, 2.05) is 24.3 Å². The molecule has 0 aromatic heterocycles. The van der Waals surface area contributed by atoms with E-state index >= 15 is 0 Å². The maximum atomic E-state index is 12.2. The lowest BCUT2D eigenvalue weighted by Crippen LogP contribution is -2.33. The Balaban J connectivity index is 0.00000338. The smallest absolute Gasteiger partial charge is 0.251 e. The summed E-state index contributed by atoms with van der Waals surface area (Å²) in [4.78, 5) is 12.2. The molecule has 1 amide bonds. The number of rotatable bonds is 10. The molecule has 2 aromatic rings. The van der Waals surface area contributed by atoms with Crippen LogP contribution in [-0.4, -0.2) is 39.3 Å². The van der Waals surface area contributed by atoms with E-state index in [0.717, 1.165) is 12.1 Å². The highest BCUT2D eigenvalue weighted by Gasteiger charge is 2.06. The quantitative estimate of drug-likeness (QED) is 0.624. The van der Waals surface area contributed by atoms with E-state index in [2.05, 4.69) is 29.7 Å². The minimum atomic E-state index is -0.102. The molecule has 0 spiro atoms. The van der Waals surface area contributed by atoms with Gasteiger partial charge in [0, 0.05) is 32.3 Å². The fourth-order valence-electron chi connectivity index (χ4n) is 2.36. The zero-order valence-corrected chi connectivity index (χ0v) is 16.1. The predicted molar refractivity (Wildman–Crippen MR) is 106 cm³/mol. The molecule has 0 aliphatic heterocycles. The van der Waals surface area contributed by atoms with Crippen LogP contribution in [0.25, 0.3) is 0 Å². The van der Waals surface area contributed by atoms with Gasteiger partial charge < -0.3 is 20.1 Å². The van der Waals surface area contributed by atoms with Crippen LogP contribution in [-0.2, 0) is 11.3 Å². The number of halogens is 1. The van der Waals surface area contributed by atoms with Gasteiger partial charge in [-0.2, -0.15) is 0 Å². The molecule has 0 radical (unpaired) electrons. The molecule has 0 heterocycles. The standard InChI is InChI=1S/C20H26N2O3.ClH/c1-16-5-3-6-17(13-16)15-25-19-8-4-7-18(14-19)20(23)22-10-9-21-11-12-24-2;/h3-8,13-14,21H,9-12,15H2,1-2H3,(H,22,23);1H. The van der Waals surface area contributed by atoms with E-state index in [9.17, 15) is 4.79 Å². The van der Waals surface area contributed by atoms with Crippen molar-refractivity contribution in [1.82, 2.24) is 10.6 Å². The summed E-state index contributed by atoms with van der Waals surface area (Å²) >= 11 is 0. The number of carbonyl (C=O) groups is 1. The molecular weight excluding hydrogens is 352 g/mol. The second-order valence-corrected chi connectivity index (χ2v) is 5.80. The largest absolute Gasteiger partial charge is 0.489 e. The Bertz CT molecular complexity index is 680. The number of aryl methyl sites for hydroxylation is 1. The maximum Gasteiger partial charge on any atom is 0.251 e. The van der Waals surface area contributed by atoms with Gasteiger partial charge in [0.25, 0.3) is 5.91 Å². The summed E-state index contributed by atoms with van der Waals surface area (Å²) < 4.78 is 10.8. The molecule has 0 saturated heterocycles. The van der Waals surface area contributed by atoms with E-state index in [1.54, 1.807) is 19.2 Å². The normalized spacial score (nSPS) is 10.1. The number of amides is 1. The van der Waals surface area contributed by atoms with Gasteiger partial charge >= 0.3 is 0 Å². The van der Waals surface area contributed by atoms with Gasteiger partial charge in [0.05, 0.1) is 6.61 Å². The number of hydrogen-bond donors (Lipinski definition) is 2. The first-order valence-electron chi connectivity index (χ1n) is 8.45. The summed E-state index contributed by atoms with van der Waals surface area (Å²) in [5.41, 5.74) is 2.91. The summed E-state index contributed by atoms with van der Waals surface area (Å²) in [6.45, 7) is 5.24. The van der Waals surface area contributed by atoms with Crippen molar-refractivity contribution in [3.63, 3.8) is 0 Å². The second-order valence-electron chi connectivity index (χ2n) is 5.80. The lowest BCUT2D eigenvalue weighted by Gasteiger charge is -2.10. The molecule has 0 aliphatic carbocycles. The molecule has 0 fully saturated rings. The Morgan fingerprint density at radius 2 is 1.85 bits per heavy atom. The van der Waals surface area contributed by atoms with Gasteiger partial charge in [0.2, 0.25) is 0 Å². The molecule has 0 saturated carbocycles. The molecule has 142 valence electrons. The summed E-state index contributed by atoms with van der Waals surface area (Å²) in [7, 11) is 1.66. The summed E-state index contributed by atoms with van der Waals surface area (Å²) in [6, 6.07) is 15.4. The first kappa shape index (κ1) is 22.0. The van der Waals surface area contributed by atoms with Crippen LogP contribution in [0.2, 0.25) is 0 Å². The minimum absolute atomic E-state index is 0. The fraction of sp³-hybridized carbons (Fsp3) is 0.350. The number of benzene rings is 2. The van der Waals surface area contributed by atoms with Crippen molar-refractivity contribution in [1.29, 1.82) is 0 Å². The second kappa shape index (κ2) is 12.3. The monoisotopic (exact) mass is 378 g/mol. The summed E-state index contributed by atoms with van der Waals surface area (Å²) in [5, 5.41) is 6.07. The Hall–Kier alpha value is -2.08. The van der Waals surface area contributed by atoms with E-state index in [0.29, 0.717) is 37.6 Å². The van der Waals surface area contributed by atoms with Crippen molar-refractivity contribution >= 4 is 18.3 Å². The van der Waals surface area contributed by atoms with Gasteiger partial charge in [-0.25, -0.2) is 0 Å². The van der Waals surface area contributed by atoms with Crippen molar-refractivity contribution in [3.8, 4) is 5.75 Å². The number of carbonyl (C=O) groups excluding carboxylic acids is 1. The van der Waals surface area contributed by atoms with E-state index in [4.69, 9.17) is 9.47 Å². The number of nitrogens with one attached hydrogen (secondary N) is 2. The average Bonchev–Trinajstić information content (AvgIpc) is 2.63. The van der Waals surface area contributed by atoms with E-state index in [-0.39, 0.29) is 18.3 Å². The van der Waals surface area contributed by atoms with Gasteiger partial charge in [-0.15, -0.1) is 12.4 Å². The average molecular weight is 379 g/mol. The van der Waals surface area contributed by atoms with Crippen molar-refractivity contribution in [2.75, 3.05) is 33.4 Å². The van der Waals surface area contributed by atoms with Crippen molar-refractivity contribution < 1.29 is 14.3 Å². The van der Waals surface area contributed by atoms with Crippen molar-refractivity contribution in [2.45, 2.75) is 13.5 Å². The Kier molecular flexibility index (Phi) is 10.4. The summed E-state index contributed by atoms with van der Waals surface area (Å²) in [6.07, 6.45) is 0. The van der Waals surface area contributed by atoms with Gasteiger partial charge in [-0.1, -0.05) is 35.9 Å². The lowest BCUT2D eigenvalue weighted by atomic mass is 10.1. The zero-order valence-electron chi connectivity index (χ0n) is 15.3. The highest BCUT2D eigenvalue weighted by Crippen LogP contribution is 2.15. The number of hydrogen-bond acceptors (Lipinski definition) is 4.